The van der Waals surface area contributed by atoms with E-state index in [9.17, 15) is 18.8 Å². The minimum atomic E-state index is -1.08. The van der Waals surface area contributed by atoms with Crippen molar-refractivity contribution in [3.05, 3.63) is 71.3 Å². The van der Waals surface area contributed by atoms with Gasteiger partial charge in [0.15, 0.2) is 11.0 Å². The van der Waals surface area contributed by atoms with Gasteiger partial charge in [0.1, 0.15) is 5.82 Å². The van der Waals surface area contributed by atoms with Gasteiger partial charge in [0.2, 0.25) is 5.91 Å². The van der Waals surface area contributed by atoms with Crippen LogP contribution in [0.1, 0.15) is 46.4 Å². The van der Waals surface area contributed by atoms with Gasteiger partial charge in [0, 0.05) is 12.7 Å². The summed E-state index contributed by atoms with van der Waals surface area (Å²) in [4.78, 5) is 36.0. The van der Waals surface area contributed by atoms with Gasteiger partial charge in [-0.05, 0) is 36.2 Å². The van der Waals surface area contributed by atoms with Crippen LogP contribution in [0.3, 0.4) is 0 Å². The van der Waals surface area contributed by atoms with Crippen LogP contribution < -0.4 is 10.6 Å². The number of amides is 2. The van der Waals surface area contributed by atoms with Crippen molar-refractivity contribution in [1.82, 2.24) is 20.1 Å². The van der Waals surface area contributed by atoms with Gasteiger partial charge in [-0.25, -0.2) is 9.18 Å². The molecule has 1 heterocycles. The van der Waals surface area contributed by atoms with Crippen LogP contribution in [0.4, 0.5) is 10.1 Å². The molecule has 3 N–H and O–H groups in total. The molecule has 0 saturated heterocycles. The van der Waals surface area contributed by atoms with Gasteiger partial charge in [0.05, 0.1) is 22.9 Å². The Morgan fingerprint density at radius 2 is 1.85 bits per heavy atom. The molecular formula is C23H24FN5O4S. The summed E-state index contributed by atoms with van der Waals surface area (Å²) in [6.45, 7) is 3.79. The zero-order valence-corrected chi connectivity index (χ0v) is 19.6. The minimum absolute atomic E-state index is 0.0111. The molecule has 178 valence electrons. The molecule has 9 nitrogen and oxygen atoms in total. The number of aromatic nitrogens is 3. The van der Waals surface area contributed by atoms with E-state index in [1.54, 1.807) is 29.8 Å². The summed E-state index contributed by atoms with van der Waals surface area (Å²) in [5.41, 5.74) is 0.383. The van der Waals surface area contributed by atoms with Crippen LogP contribution in [-0.4, -0.2) is 43.4 Å². The van der Waals surface area contributed by atoms with Crippen molar-refractivity contribution in [3.8, 4) is 0 Å². The molecule has 0 saturated carbocycles. The molecule has 0 bridgehead atoms. The number of carboxylic acid groups (broad SMARTS) is 1. The van der Waals surface area contributed by atoms with E-state index < -0.39 is 23.7 Å². The summed E-state index contributed by atoms with van der Waals surface area (Å²) >= 11 is 1.14. The molecule has 3 aromatic rings. The third-order valence-electron chi connectivity index (χ3n) is 4.94. The van der Waals surface area contributed by atoms with Gasteiger partial charge < -0.3 is 20.3 Å². The van der Waals surface area contributed by atoms with Gasteiger partial charge in [-0.3, -0.25) is 9.59 Å². The summed E-state index contributed by atoms with van der Waals surface area (Å²) in [5, 5.41) is 23.3. The molecule has 2 amide bonds. The second kappa shape index (κ2) is 10.9. The van der Waals surface area contributed by atoms with E-state index in [1.807, 2.05) is 13.8 Å². The highest BCUT2D eigenvalue weighted by atomic mass is 32.2. The van der Waals surface area contributed by atoms with Crippen molar-refractivity contribution in [2.75, 3.05) is 11.1 Å². The smallest absolute Gasteiger partial charge is 0.335 e. The fraction of sp³-hybridized carbons (Fsp3) is 0.261. The Balaban J connectivity index is 1.67. The molecule has 0 radical (unpaired) electrons. The van der Waals surface area contributed by atoms with E-state index in [-0.39, 0.29) is 28.7 Å². The first-order valence-electron chi connectivity index (χ1n) is 10.4. The molecule has 0 aliphatic rings. The van der Waals surface area contributed by atoms with Crippen molar-refractivity contribution in [2.45, 2.75) is 25.0 Å². The van der Waals surface area contributed by atoms with Crippen molar-refractivity contribution in [1.29, 1.82) is 0 Å². The maximum Gasteiger partial charge on any atom is 0.335 e. The fourth-order valence-electron chi connectivity index (χ4n) is 3.17. The third kappa shape index (κ3) is 5.98. The van der Waals surface area contributed by atoms with Crippen LogP contribution in [0, 0.1) is 11.7 Å². The Kier molecular flexibility index (Phi) is 8.00. The van der Waals surface area contributed by atoms with E-state index in [1.165, 1.54) is 30.3 Å². The lowest BCUT2D eigenvalue weighted by Crippen LogP contribution is -2.34. The van der Waals surface area contributed by atoms with Gasteiger partial charge in [-0.1, -0.05) is 43.8 Å². The number of rotatable bonds is 9. The molecule has 0 fully saturated rings. The molecule has 1 aromatic heterocycles. The Morgan fingerprint density at radius 3 is 2.53 bits per heavy atom. The van der Waals surface area contributed by atoms with Gasteiger partial charge in [-0.15, -0.1) is 10.2 Å². The first kappa shape index (κ1) is 24.9. The van der Waals surface area contributed by atoms with Gasteiger partial charge >= 0.3 is 5.97 Å². The average Bonchev–Trinajstić information content (AvgIpc) is 3.16. The Bertz CT molecular complexity index is 1210. The van der Waals surface area contributed by atoms with Crippen molar-refractivity contribution >= 4 is 35.2 Å². The zero-order chi connectivity index (χ0) is 24.8. The predicted molar refractivity (Wildman–Crippen MR) is 125 cm³/mol. The molecule has 0 unspecified atom stereocenters. The Morgan fingerprint density at radius 1 is 1.12 bits per heavy atom. The number of hydrogen-bond acceptors (Lipinski definition) is 6. The van der Waals surface area contributed by atoms with E-state index in [2.05, 4.69) is 20.8 Å². The topological polar surface area (TPSA) is 126 Å². The number of thioether (sulfide) groups is 1. The third-order valence-corrected chi connectivity index (χ3v) is 5.96. The Hall–Kier alpha value is -3.73. The van der Waals surface area contributed by atoms with Crippen molar-refractivity contribution in [2.24, 2.45) is 13.0 Å². The molecule has 0 aliphatic heterocycles. The number of anilines is 1. The fourth-order valence-corrected chi connectivity index (χ4v) is 3.89. The van der Waals surface area contributed by atoms with Gasteiger partial charge in [-0.2, -0.15) is 0 Å². The second-order valence-electron chi connectivity index (χ2n) is 7.80. The number of nitrogens with zero attached hydrogens (tertiary/aromatic N) is 3. The summed E-state index contributed by atoms with van der Waals surface area (Å²) in [5.74, 6) is -2.19. The molecule has 0 aliphatic carbocycles. The monoisotopic (exact) mass is 485 g/mol. The number of carboxylic acids is 1. The number of nitrogens with one attached hydrogen (secondary N) is 2. The van der Waals surface area contributed by atoms with Crippen LogP contribution in [0.15, 0.2) is 53.7 Å². The summed E-state index contributed by atoms with van der Waals surface area (Å²) in [6, 6.07) is 11.1. The summed E-state index contributed by atoms with van der Waals surface area (Å²) in [6.07, 6.45) is 0. The van der Waals surface area contributed by atoms with E-state index in [0.717, 1.165) is 11.8 Å². The standard InChI is InChI=1S/C23H24FN5O4S/c1-13(2)19(26-21(31)16-9-4-5-10-17(16)24)20-27-28-23(29(20)3)34-12-18(30)25-15-8-6-7-14(11-15)22(32)33/h4-11,13,19H,12H2,1-3H3,(H,25,30)(H,26,31)(H,32,33)/t19-/m0/s1. The van der Waals surface area contributed by atoms with E-state index in [0.29, 0.717) is 16.7 Å². The predicted octanol–water partition coefficient (Wildman–Crippen LogP) is 3.51. The molecule has 34 heavy (non-hydrogen) atoms. The molecule has 11 heteroatoms. The van der Waals surface area contributed by atoms with Crippen LogP contribution in [-0.2, 0) is 11.8 Å². The highest BCUT2D eigenvalue weighted by Crippen LogP contribution is 2.25. The van der Waals surface area contributed by atoms with Crippen LogP contribution >= 0.6 is 11.8 Å². The number of hydrogen-bond donors (Lipinski definition) is 3. The van der Waals surface area contributed by atoms with Crippen LogP contribution in [0.2, 0.25) is 0 Å². The number of aromatic carboxylic acids is 1. The average molecular weight is 486 g/mol. The molecular weight excluding hydrogens is 461 g/mol. The SMILES string of the molecule is CC(C)[C@H](NC(=O)c1ccccc1F)c1nnc(SCC(=O)Nc2cccc(C(=O)O)c2)n1C. The highest BCUT2D eigenvalue weighted by Gasteiger charge is 2.26. The van der Waals surface area contributed by atoms with Crippen LogP contribution in [0.5, 0.6) is 0 Å². The zero-order valence-electron chi connectivity index (χ0n) is 18.8. The first-order valence-corrected chi connectivity index (χ1v) is 11.4. The number of carbonyl (C=O) groups is 3. The van der Waals surface area contributed by atoms with Crippen molar-refractivity contribution < 1.29 is 23.9 Å². The maximum absolute atomic E-state index is 14.0. The second-order valence-corrected chi connectivity index (χ2v) is 8.74. The van der Waals surface area contributed by atoms with Crippen molar-refractivity contribution in [3.63, 3.8) is 0 Å². The Labute approximate surface area is 199 Å². The van der Waals surface area contributed by atoms with E-state index in [4.69, 9.17) is 5.11 Å². The summed E-state index contributed by atoms with van der Waals surface area (Å²) in [7, 11) is 1.72. The quantitative estimate of drug-likeness (QED) is 0.396. The lowest BCUT2D eigenvalue weighted by Gasteiger charge is -2.21. The first-order chi connectivity index (χ1) is 16.2. The molecule has 1 atom stereocenters. The summed E-state index contributed by atoms with van der Waals surface area (Å²) < 4.78 is 15.7. The number of halogens is 1. The number of benzene rings is 2. The normalized spacial score (nSPS) is 11.8. The van der Waals surface area contributed by atoms with Crippen LogP contribution in [0.25, 0.3) is 0 Å². The highest BCUT2D eigenvalue weighted by molar-refractivity contribution is 7.99. The molecule has 0 spiro atoms. The van der Waals surface area contributed by atoms with Gasteiger partial charge in [0.25, 0.3) is 5.91 Å². The number of carbonyl (C=O) groups excluding carboxylic acids is 2. The minimum Gasteiger partial charge on any atom is -0.478 e. The molecule has 3 rings (SSSR count). The lowest BCUT2D eigenvalue weighted by atomic mass is 10.0. The maximum atomic E-state index is 14.0. The lowest BCUT2D eigenvalue weighted by molar-refractivity contribution is -0.113. The van der Waals surface area contributed by atoms with E-state index >= 15 is 0 Å². The molecule has 2 aromatic carbocycles. The largest absolute Gasteiger partial charge is 0.478 e.